The fourth-order valence-electron chi connectivity index (χ4n) is 2.97. The molecule has 0 unspecified atom stereocenters. The molecular formula is C17H18N2O3. The van der Waals surface area contributed by atoms with Crippen molar-refractivity contribution in [2.45, 2.75) is 26.3 Å². The molecule has 0 saturated heterocycles. The summed E-state index contributed by atoms with van der Waals surface area (Å²) in [6.07, 6.45) is 3.41. The maximum absolute atomic E-state index is 12.7. The third kappa shape index (κ3) is 2.19. The van der Waals surface area contributed by atoms with Gasteiger partial charge in [0.2, 0.25) is 0 Å². The second-order valence-corrected chi connectivity index (χ2v) is 5.36. The van der Waals surface area contributed by atoms with Crippen LogP contribution in [0.2, 0.25) is 0 Å². The second kappa shape index (κ2) is 5.67. The molecule has 0 atom stereocenters. The summed E-state index contributed by atoms with van der Waals surface area (Å²) in [7, 11) is 0. The zero-order valence-electron chi connectivity index (χ0n) is 12.5. The number of benzene rings is 1. The Bertz CT molecular complexity index is 834. The van der Waals surface area contributed by atoms with Gasteiger partial charge in [-0.15, -0.1) is 0 Å². The van der Waals surface area contributed by atoms with Crippen LogP contribution >= 0.6 is 0 Å². The minimum absolute atomic E-state index is 0.0246. The molecule has 1 aliphatic rings. The lowest BCUT2D eigenvalue weighted by Gasteiger charge is -2.21. The smallest absolute Gasteiger partial charge is 0.264 e. The topological polar surface area (TPSA) is 63.8 Å². The number of nitrogens with zero attached hydrogens (tertiary/aromatic N) is 2. The van der Waals surface area contributed by atoms with Crippen molar-refractivity contribution in [1.82, 2.24) is 4.57 Å². The molecule has 5 heteroatoms. The van der Waals surface area contributed by atoms with Crippen LogP contribution < -0.4 is 5.56 Å². The Morgan fingerprint density at radius 1 is 1.55 bits per heavy atom. The number of oxime groups is 1. The van der Waals surface area contributed by atoms with Crippen molar-refractivity contribution in [3.05, 3.63) is 52.3 Å². The minimum Gasteiger partial charge on any atom is -0.506 e. The lowest BCUT2D eigenvalue weighted by molar-refractivity contribution is 0.175. The third-order valence-electron chi connectivity index (χ3n) is 3.92. The fourth-order valence-corrected chi connectivity index (χ4v) is 2.97. The third-order valence-corrected chi connectivity index (χ3v) is 3.92. The van der Waals surface area contributed by atoms with Crippen molar-refractivity contribution in [2.75, 3.05) is 6.61 Å². The Morgan fingerprint density at radius 2 is 2.36 bits per heavy atom. The second-order valence-electron chi connectivity index (χ2n) is 5.36. The monoisotopic (exact) mass is 298 g/mol. The molecule has 1 aromatic heterocycles. The number of aromatic nitrogens is 1. The summed E-state index contributed by atoms with van der Waals surface area (Å²) in [5.74, 6) is -0.0246. The number of aromatic hydroxyl groups is 1. The predicted molar refractivity (Wildman–Crippen MR) is 86.6 cm³/mol. The Balaban J connectivity index is 2.27. The van der Waals surface area contributed by atoms with Gasteiger partial charge in [-0.2, -0.15) is 0 Å². The summed E-state index contributed by atoms with van der Waals surface area (Å²) in [6, 6.07) is 5.74. The largest absolute Gasteiger partial charge is 0.506 e. The number of hydrogen-bond donors (Lipinski definition) is 1. The van der Waals surface area contributed by atoms with Gasteiger partial charge in [0, 0.05) is 11.9 Å². The van der Waals surface area contributed by atoms with E-state index < -0.39 is 0 Å². The highest BCUT2D eigenvalue weighted by atomic mass is 16.6. The van der Waals surface area contributed by atoms with E-state index in [4.69, 9.17) is 4.84 Å². The maximum atomic E-state index is 12.7. The van der Waals surface area contributed by atoms with Gasteiger partial charge in [-0.1, -0.05) is 29.9 Å². The highest BCUT2D eigenvalue weighted by molar-refractivity contribution is 6.05. The number of para-hydroxylation sites is 1. The molecule has 2 aromatic rings. The van der Waals surface area contributed by atoms with Gasteiger partial charge in [0.1, 0.15) is 17.9 Å². The van der Waals surface area contributed by atoms with Crippen LogP contribution in [-0.4, -0.2) is 22.0 Å². The Hall–Kier alpha value is -2.56. The van der Waals surface area contributed by atoms with E-state index >= 15 is 0 Å². The zero-order chi connectivity index (χ0) is 15.7. The van der Waals surface area contributed by atoms with Crippen LogP contribution in [0.4, 0.5) is 0 Å². The van der Waals surface area contributed by atoms with Crippen LogP contribution in [0.1, 0.15) is 24.5 Å². The normalized spacial score (nSPS) is 14.1. The van der Waals surface area contributed by atoms with Gasteiger partial charge in [0.25, 0.3) is 5.56 Å². The molecule has 0 spiro atoms. The van der Waals surface area contributed by atoms with Crippen LogP contribution in [0.25, 0.3) is 10.9 Å². The molecule has 0 radical (unpaired) electrons. The molecule has 0 fully saturated rings. The average Bonchev–Trinajstić information content (AvgIpc) is 2.53. The molecular weight excluding hydrogens is 280 g/mol. The molecule has 22 heavy (non-hydrogen) atoms. The van der Waals surface area contributed by atoms with Crippen LogP contribution in [0.5, 0.6) is 5.75 Å². The number of rotatable bonds is 4. The first kappa shape index (κ1) is 14.4. The van der Waals surface area contributed by atoms with E-state index in [1.807, 2.05) is 18.2 Å². The van der Waals surface area contributed by atoms with Crippen molar-refractivity contribution in [3.8, 4) is 5.75 Å². The van der Waals surface area contributed by atoms with Gasteiger partial charge in [-0.3, -0.25) is 4.79 Å². The lowest BCUT2D eigenvalue weighted by atomic mass is 9.98. The minimum atomic E-state index is -0.222. The molecule has 0 aliphatic carbocycles. The van der Waals surface area contributed by atoms with Crippen LogP contribution in [0.3, 0.4) is 0 Å². The van der Waals surface area contributed by atoms with E-state index in [0.29, 0.717) is 17.6 Å². The highest BCUT2D eigenvalue weighted by Gasteiger charge is 2.22. The molecule has 0 saturated carbocycles. The molecule has 1 aromatic carbocycles. The summed E-state index contributed by atoms with van der Waals surface area (Å²) in [5, 5.41) is 15.1. The standard InChI is InChI=1S/C17H18N2O3/c1-3-10-22-18-11(2)14-16(20)13-8-4-6-12-7-5-9-19(15(12)13)17(14)21/h3-4,6,8,20H,1,5,7,9-10H2,2H3/b18-11-. The molecule has 1 N–H and O–H groups in total. The number of aryl methyl sites for hydroxylation is 2. The van der Waals surface area contributed by atoms with Crippen molar-refractivity contribution in [2.24, 2.45) is 5.16 Å². The maximum Gasteiger partial charge on any atom is 0.264 e. The van der Waals surface area contributed by atoms with Gasteiger partial charge in [0.05, 0.1) is 11.2 Å². The number of hydrogen-bond acceptors (Lipinski definition) is 4. The van der Waals surface area contributed by atoms with Crippen molar-refractivity contribution in [1.29, 1.82) is 0 Å². The van der Waals surface area contributed by atoms with Gasteiger partial charge in [-0.05, 0) is 31.4 Å². The summed E-state index contributed by atoms with van der Waals surface area (Å²) in [6.45, 7) is 6.11. The Labute approximate surface area is 128 Å². The van der Waals surface area contributed by atoms with Gasteiger partial charge >= 0.3 is 0 Å². The quantitative estimate of drug-likeness (QED) is 0.408. The highest BCUT2D eigenvalue weighted by Crippen LogP contribution is 2.31. The fraction of sp³-hybridized carbons (Fsp3) is 0.294. The molecule has 114 valence electrons. The van der Waals surface area contributed by atoms with Gasteiger partial charge < -0.3 is 14.5 Å². The average molecular weight is 298 g/mol. The van der Waals surface area contributed by atoms with Gasteiger partial charge in [0.15, 0.2) is 0 Å². The summed E-state index contributed by atoms with van der Waals surface area (Å²) in [4.78, 5) is 17.8. The summed E-state index contributed by atoms with van der Waals surface area (Å²) < 4.78 is 1.73. The molecule has 0 amide bonds. The predicted octanol–water partition coefficient (Wildman–Crippen LogP) is 2.58. The van der Waals surface area contributed by atoms with E-state index in [-0.39, 0.29) is 23.5 Å². The first-order chi connectivity index (χ1) is 10.6. The summed E-state index contributed by atoms with van der Waals surface area (Å²) in [5.41, 5.74) is 2.28. The van der Waals surface area contributed by atoms with E-state index in [0.717, 1.165) is 23.9 Å². The molecule has 5 nitrogen and oxygen atoms in total. The van der Waals surface area contributed by atoms with Crippen LogP contribution in [-0.2, 0) is 17.8 Å². The van der Waals surface area contributed by atoms with E-state index in [2.05, 4.69) is 11.7 Å². The summed E-state index contributed by atoms with van der Waals surface area (Å²) >= 11 is 0. The van der Waals surface area contributed by atoms with Crippen molar-refractivity contribution < 1.29 is 9.94 Å². The van der Waals surface area contributed by atoms with E-state index in [9.17, 15) is 9.90 Å². The van der Waals surface area contributed by atoms with E-state index in [1.54, 1.807) is 17.6 Å². The molecule has 1 aliphatic heterocycles. The molecule has 2 heterocycles. The van der Waals surface area contributed by atoms with Crippen LogP contribution in [0, 0.1) is 0 Å². The first-order valence-electron chi connectivity index (χ1n) is 7.30. The lowest BCUT2D eigenvalue weighted by Crippen LogP contribution is -2.29. The molecule has 0 bridgehead atoms. The Kier molecular flexibility index (Phi) is 3.71. The number of pyridine rings is 1. The van der Waals surface area contributed by atoms with Crippen molar-refractivity contribution in [3.63, 3.8) is 0 Å². The van der Waals surface area contributed by atoms with Crippen LogP contribution in [0.15, 0.2) is 40.8 Å². The molecule has 3 rings (SSSR count). The van der Waals surface area contributed by atoms with Gasteiger partial charge in [-0.25, -0.2) is 0 Å². The zero-order valence-corrected chi connectivity index (χ0v) is 12.5. The first-order valence-corrected chi connectivity index (χ1v) is 7.30. The SMILES string of the molecule is C=CCO/N=C(/C)c1c(O)c2cccc3c2n(c1=O)CCC3. The van der Waals surface area contributed by atoms with Crippen molar-refractivity contribution >= 4 is 16.6 Å². The Morgan fingerprint density at radius 3 is 3.14 bits per heavy atom. The van der Waals surface area contributed by atoms with E-state index in [1.165, 1.54) is 0 Å².